The van der Waals surface area contributed by atoms with Gasteiger partial charge < -0.3 is 0 Å². The van der Waals surface area contributed by atoms with E-state index in [0.29, 0.717) is 0 Å². The van der Waals surface area contributed by atoms with Crippen molar-refractivity contribution in [2.24, 2.45) is 0 Å². The van der Waals surface area contributed by atoms with Crippen molar-refractivity contribution in [1.29, 1.82) is 0 Å². The quantitative estimate of drug-likeness (QED) is 0.263. The number of hydrogen-bond acceptors (Lipinski definition) is 12. The maximum absolute atomic E-state index is 11.0. The molecule has 0 N–H and O–H groups in total. The van der Waals surface area contributed by atoms with E-state index < -0.39 is 59.9 Å². The first-order valence-corrected chi connectivity index (χ1v) is 5.57. The summed E-state index contributed by atoms with van der Waals surface area (Å²) in [5, 5.41) is 64.8. The van der Waals surface area contributed by atoms with E-state index in [0.717, 1.165) is 0 Å². The summed E-state index contributed by atoms with van der Waals surface area (Å²) < 4.78 is 0. The predicted octanol–water partition coefficient (Wildman–Crippen LogP) is -0.835. The van der Waals surface area contributed by atoms with Crippen LogP contribution in [0.3, 0.4) is 0 Å². The Hall–Kier alpha value is -3.60. The Labute approximate surface area is 128 Å². The lowest BCUT2D eigenvalue weighted by Gasteiger charge is -2.19. The number of nitro groups is 6. The van der Waals surface area contributed by atoms with Crippen LogP contribution in [0.15, 0.2) is 0 Å². The molecular weight excluding hydrogens is 348 g/mol. The Balaban J connectivity index is 6.29. The number of nitrogens with zero attached hydrogens (tertiary/aromatic N) is 6. The molecule has 0 amide bonds. The lowest BCUT2D eigenvalue weighted by atomic mass is 9.93. The first-order chi connectivity index (χ1) is 10.7. The molecule has 0 heterocycles. The summed E-state index contributed by atoms with van der Waals surface area (Å²) in [5.74, 6) is 0. The molecule has 0 fully saturated rings. The van der Waals surface area contributed by atoms with Crippen LogP contribution >= 0.6 is 0 Å². The summed E-state index contributed by atoms with van der Waals surface area (Å²) in [4.78, 5) is 54.4. The highest BCUT2D eigenvalue weighted by Crippen LogP contribution is 2.32. The topological polar surface area (TPSA) is 259 Å². The zero-order valence-corrected chi connectivity index (χ0v) is 11.6. The third kappa shape index (κ3) is 3.59. The van der Waals surface area contributed by atoms with Crippen molar-refractivity contribution in [3.63, 3.8) is 0 Å². The second-order valence-electron chi connectivity index (χ2n) is 4.66. The smallest absolute Gasteiger partial charge is 0.259 e. The molecule has 0 aliphatic rings. The van der Waals surface area contributed by atoms with Crippen molar-refractivity contribution in [1.82, 2.24) is 0 Å². The Morgan fingerprint density at radius 3 is 1.25 bits per heavy atom. The van der Waals surface area contributed by atoms with Crippen LogP contribution in [0, 0.1) is 60.7 Å². The van der Waals surface area contributed by atoms with Gasteiger partial charge in [-0.2, -0.15) is 0 Å². The lowest BCUT2D eigenvalue weighted by molar-refractivity contribution is -0.856. The van der Waals surface area contributed by atoms with Gasteiger partial charge in [0.15, 0.2) is 0 Å². The van der Waals surface area contributed by atoms with Gasteiger partial charge in [-0.3, -0.25) is 60.7 Å². The number of hydrogen-bond donors (Lipinski definition) is 0. The summed E-state index contributed by atoms with van der Waals surface area (Å²) in [5.41, 5.74) is -7.36. The third-order valence-electron chi connectivity index (χ3n) is 3.08. The van der Waals surface area contributed by atoms with Crippen molar-refractivity contribution < 1.29 is 29.5 Å². The molecule has 0 saturated carbocycles. The molecule has 18 heteroatoms. The monoisotopic (exact) mass is 356 g/mol. The van der Waals surface area contributed by atoms with Gasteiger partial charge in [-0.05, 0) is 0 Å². The van der Waals surface area contributed by atoms with Crippen molar-refractivity contribution in [3.05, 3.63) is 60.7 Å². The highest BCUT2D eigenvalue weighted by molar-refractivity contribution is 4.77. The zero-order valence-electron chi connectivity index (χ0n) is 11.6. The van der Waals surface area contributed by atoms with E-state index in [-0.39, 0.29) is 6.92 Å². The first-order valence-electron chi connectivity index (χ1n) is 5.57. The van der Waals surface area contributed by atoms with E-state index in [2.05, 4.69) is 0 Å². The van der Waals surface area contributed by atoms with Gasteiger partial charge >= 0.3 is 17.5 Å². The molecular formula is C6H8N6O12. The fourth-order valence-corrected chi connectivity index (χ4v) is 1.67. The highest BCUT2D eigenvalue weighted by atomic mass is 16.7. The normalized spacial score (nSPS) is 11.8. The SMILES string of the molecule is CC(CC(CC([N+](=O)[O-])[N+](=O)[O-])([N+](=O)[O-])[N+](=O)[O-])([N+](=O)[O-])[N+](=O)[O-]. The highest BCUT2D eigenvalue weighted by Gasteiger charge is 2.73. The molecule has 0 rings (SSSR count). The zero-order chi connectivity index (χ0) is 19.5. The minimum Gasteiger partial charge on any atom is -0.259 e. The van der Waals surface area contributed by atoms with Gasteiger partial charge in [0.1, 0.15) is 0 Å². The first kappa shape index (κ1) is 20.4. The average Bonchev–Trinajstić information content (AvgIpc) is 2.40. The number of rotatable bonds is 10. The molecule has 24 heavy (non-hydrogen) atoms. The van der Waals surface area contributed by atoms with E-state index in [1.54, 1.807) is 0 Å². The van der Waals surface area contributed by atoms with Crippen molar-refractivity contribution in [2.45, 2.75) is 37.3 Å². The van der Waals surface area contributed by atoms with Crippen LogP contribution in [0.25, 0.3) is 0 Å². The Bertz CT molecular complexity index is 573. The molecule has 0 unspecified atom stereocenters. The van der Waals surface area contributed by atoms with Gasteiger partial charge in [-0.1, -0.05) is 0 Å². The fraction of sp³-hybridized carbons (Fsp3) is 1.00. The average molecular weight is 356 g/mol. The second kappa shape index (κ2) is 6.66. The van der Waals surface area contributed by atoms with Gasteiger partial charge in [0.05, 0.1) is 36.5 Å². The summed E-state index contributed by atoms with van der Waals surface area (Å²) in [6.07, 6.45) is -7.13. The summed E-state index contributed by atoms with van der Waals surface area (Å²) in [6, 6.07) is 0. The molecule has 0 radical (unpaired) electrons. The predicted molar refractivity (Wildman–Crippen MR) is 66.1 cm³/mol. The van der Waals surface area contributed by atoms with Gasteiger partial charge in [0.25, 0.3) is 0 Å². The van der Waals surface area contributed by atoms with Crippen LogP contribution in [-0.2, 0) is 0 Å². The molecule has 0 bridgehead atoms. The van der Waals surface area contributed by atoms with Crippen molar-refractivity contribution in [3.8, 4) is 0 Å². The van der Waals surface area contributed by atoms with Crippen LogP contribution in [0.4, 0.5) is 0 Å². The van der Waals surface area contributed by atoms with E-state index >= 15 is 0 Å². The largest absolute Gasteiger partial charge is 0.486 e. The standard InChI is InChI=1S/C6H8N6O12/c1-5(9(17)18,10(19)20)3-6(11(21)22,12(23)24)2-4(7(13)14)8(15)16/h4H,2-3H2,1H3. The maximum Gasteiger partial charge on any atom is 0.486 e. The molecule has 0 aliphatic heterocycles. The van der Waals surface area contributed by atoms with Gasteiger partial charge in [0.2, 0.25) is 12.8 Å². The fourth-order valence-electron chi connectivity index (χ4n) is 1.67. The second-order valence-corrected chi connectivity index (χ2v) is 4.66. The van der Waals surface area contributed by atoms with Crippen LogP contribution in [0.1, 0.15) is 19.8 Å². The van der Waals surface area contributed by atoms with Gasteiger partial charge in [-0.25, -0.2) is 0 Å². The minimum atomic E-state index is -3.89. The molecule has 0 aliphatic carbocycles. The molecule has 18 nitrogen and oxygen atoms in total. The van der Waals surface area contributed by atoms with Crippen molar-refractivity contribution in [2.75, 3.05) is 0 Å². The van der Waals surface area contributed by atoms with Crippen LogP contribution in [0.2, 0.25) is 0 Å². The molecule has 134 valence electrons. The minimum absolute atomic E-state index is 0.210. The third-order valence-corrected chi connectivity index (χ3v) is 3.08. The Morgan fingerprint density at radius 2 is 1.04 bits per heavy atom. The molecule has 0 spiro atoms. The van der Waals surface area contributed by atoms with Crippen molar-refractivity contribution >= 4 is 0 Å². The van der Waals surface area contributed by atoms with E-state index in [1.165, 1.54) is 0 Å². The van der Waals surface area contributed by atoms with Gasteiger partial charge in [0, 0.05) is 0 Å². The molecule has 0 aromatic heterocycles. The Morgan fingerprint density at radius 1 is 0.708 bits per heavy atom. The van der Waals surface area contributed by atoms with E-state index in [9.17, 15) is 60.7 Å². The van der Waals surface area contributed by atoms with E-state index in [4.69, 9.17) is 0 Å². The molecule has 0 aromatic carbocycles. The maximum atomic E-state index is 11.0. The molecule has 0 atom stereocenters. The molecule has 0 aromatic rings. The van der Waals surface area contributed by atoms with E-state index in [1.807, 2.05) is 0 Å². The Kier molecular flexibility index (Phi) is 5.66. The van der Waals surface area contributed by atoms with Crippen LogP contribution < -0.4 is 0 Å². The lowest BCUT2D eigenvalue weighted by Crippen LogP contribution is -2.59. The summed E-state index contributed by atoms with van der Waals surface area (Å²) in [6.45, 7) is 0.210. The van der Waals surface area contributed by atoms with Gasteiger partial charge in [-0.15, -0.1) is 0 Å². The summed E-state index contributed by atoms with van der Waals surface area (Å²) >= 11 is 0. The van der Waals surface area contributed by atoms with Crippen LogP contribution in [0.5, 0.6) is 0 Å². The molecule has 0 saturated heterocycles. The summed E-state index contributed by atoms with van der Waals surface area (Å²) in [7, 11) is 0. The van der Waals surface area contributed by atoms with Crippen LogP contribution in [-0.4, -0.2) is 47.0 Å².